The standard InChI is InChI=1S/C48H39NO11/c50-44(35-21-9-2-10-22-35)55-32-40(49-57-31-34-19-7-1-8-20-34)42(59-47(53)38-27-15-5-16-28-38)43(60-48(54)39-29-17-6-18-30-39)41(58-46(52)37-25-13-4-14-26-37)33-56-45(51)36-23-11-3-12-24-36/h1-30,41-43H,31-33H2. The van der Waals surface area contributed by atoms with Crippen molar-refractivity contribution in [2.75, 3.05) is 13.2 Å². The van der Waals surface area contributed by atoms with Gasteiger partial charge in [0.25, 0.3) is 0 Å². The average molecular weight is 806 g/mol. The molecule has 0 radical (unpaired) electrons. The molecule has 0 saturated carbocycles. The Bertz CT molecular complexity index is 2340. The van der Waals surface area contributed by atoms with E-state index >= 15 is 0 Å². The van der Waals surface area contributed by atoms with E-state index in [1.54, 1.807) is 127 Å². The first-order chi connectivity index (χ1) is 29.4. The van der Waals surface area contributed by atoms with Crippen LogP contribution in [-0.2, 0) is 35.1 Å². The van der Waals surface area contributed by atoms with Crippen LogP contribution in [0.15, 0.2) is 187 Å². The molecule has 6 aromatic rings. The highest BCUT2D eigenvalue weighted by molar-refractivity contribution is 5.98. The Labute approximate surface area is 345 Å². The second kappa shape index (κ2) is 21.6. The van der Waals surface area contributed by atoms with Gasteiger partial charge in [-0.2, -0.15) is 0 Å². The molecule has 12 heteroatoms. The van der Waals surface area contributed by atoms with Gasteiger partial charge in [0, 0.05) is 0 Å². The lowest BCUT2D eigenvalue weighted by molar-refractivity contribution is -0.0880. The monoisotopic (exact) mass is 805 g/mol. The maximum atomic E-state index is 14.0. The first-order valence-corrected chi connectivity index (χ1v) is 18.8. The molecular weight excluding hydrogens is 767 g/mol. The summed E-state index contributed by atoms with van der Waals surface area (Å²) in [6.45, 7) is -1.45. The number of nitrogens with zero attached hydrogens (tertiary/aromatic N) is 1. The number of benzene rings is 6. The minimum absolute atomic E-state index is 0.0775. The van der Waals surface area contributed by atoms with Crippen molar-refractivity contribution in [3.8, 4) is 0 Å². The smallest absolute Gasteiger partial charge is 0.338 e. The Balaban J connectivity index is 1.47. The molecule has 3 atom stereocenters. The molecule has 12 nitrogen and oxygen atoms in total. The molecule has 0 amide bonds. The van der Waals surface area contributed by atoms with Crippen molar-refractivity contribution >= 4 is 35.6 Å². The molecule has 60 heavy (non-hydrogen) atoms. The van der Waals surface area contributed by atoms with Gasteiger partial charge in [0.2, 0.25) is 0 Å². The molecule has 6 aromatic carbocycles. The van der Waals surface area contributed by atoms with Crippen LogP contribution >= 0.6 is 0 Å². The minimum Gasteiger partial charge on any atom is -0.458 e. The second-order valence-corrected chi connectivity index (χ2v) is 13.0. The van der Waals surface area contributed by atoms with Gasteiger partial charge in [-0.25, -0.2) is 24.0 Å². The van der Waals surface area contributed by atoms with E-state index in [-0.39, 0.29) is 40.1 Å². The molecule has 0 aliphatic heterocycles. The van der Waals surface area contributed by atoms with Crippen LogP contribution in [0.2, 0.25) is 0 Å². The van der Waals surface area contributed by atoms with E-state index < -0.39 is 61.4 Å². The normalized spacial score (nSPS) is 12.4. The molecule has 0 aliphatic carbocycles. The summed E-state index contributed by atoms with van der Waals surface area (Å²) in [6, 6.07) is 49.0. The van der Waals surface area contributed by atoms with Gasteiger partial charge < -0.3 is 28.5 Å². The van der Waals surface area contributed by atoms with Crippen molar-refractivity contribution < 1.29 is 52.5 Å². The van der Waals surface area contributed by atoms with Gasteiger partial charge in [-0.1, -0.05) is 126 Å². The van der Waals surface area contributed by atoms with Gasteiger partial charge in [0.15, 0.2) is 18.3 Å². The van der Waals surface area contributed by atoms with Gasteiger partial charge in [-0.15, -0.1) is 0 Å². The Kier molecular flexibility index (Phi) is 15.0. The van der Waals surface area contributed by atoms with E-state index in [1.807, 2.05) is 6.07 Å². The molecule has 0 N–H and O–H groups in total. The third-order valence-electron chi connectivity index (χ3n) is 8.76. The SMILES string of the molecule is O=C(OCC(=NOCc1ccccc1)C(OC(=O)c1ccccc1)C(OC(=O)c1ccccc1)C(COC(=O)c1ccccc1)OC(=O)c1ccccc1)c1ccccc1. The number of carbonyl (C=O) groups is 5. The number of carbonyl (C=O) groups excluding carboxylic acids is 5. The lowest BCUT2D eigenvalue weighted by Crippen LogP contribution is -2.52. The number of esters is 5. The highest BCUT2D eigenvalue weighted by Gasteiger charge is 2.43. The zero-order valence-corrected chi connectivity index (χ0v) is 32.1. The topological polar surface area (TPSA) is 153 Å². The minimum atomic E-state index is -1.82. The van der Waals surface area contributed by atoms with Crippen LogP contribution < -0.4 is 0 Å². The van der Waals surface area contributed by atoms with E-state index in [0.29, 0.717) is 5.56 Å². The summed E-state index contributed by atoms with van der Waals surface area (Å²) < 4.78 is 29.7. The van der Waals surface area contributed by atoms with Crippen molar-refractivity contribution in [3.05, 3.63) is 215 Å². The third-order valence-corrected chi connectivity index (χ3v) is 8.76. The number of ether oxygens (including phenoxy) is 5. The van der Waals surface area contributed by atoms with E-state index in [4.69, 9.17) is 28.5 Å². The largest absolute Gasteiger partial charge is 0.458 e. The molecule has 3 unspecified atom stereocenters. The molecule has 0 spiro atoms. The molecule has 0 bridgehead atoms. The number of rotatable bonds is 18. The zero-order chi connectivity index (χ0) is 41.9. The lowest BCUT2D eigenvalue weighted by Gasteiger charge is -2.32. The van der Waals surface area contributed by atoms with Gasteiger partial charge in [0.1, 0.15) is 25.5 Å². The van der Waals surface area contributed by atoms with Crippen LogP contribution in [0.1, 0.15) is 57.4 Å². The number of oxime groups is 1. The van der Waals surface area contributed by atoms with E-state index in [9.17, 15) is 24.0 Å². The van der Waals surface area contributed by atoms with Crippen LogP contribution in [0.25, 0.3) is 0 Å². The summed E-state index contributed by atoms with van der Waals surface area (Å²) in [4.78, 5) is 74.4. The number of hydrogen-bond acceptors (Lipinski definition) is 12. The molecule has 6 rings (SSSR count). The van der Waals surface area contributed by atoms with Crippen LogP contribution in [0, 0.1) is 0 Å². The van der Waals surface area contributed by atoms with Crippen molar-refractivity contribution in [1.82, 2.24) is 0 Å². The summed E-state index contributed by atoms with van der Waals surface area (Å²) in [6.07, 6.45) is -5.32. The fourth-order valence-corrected chi connectivity index (χ4v) is 5.69. The van der Waals surface area contributed by atoms with Crippen molar-refractivity contribution in [2.45, 2.75) is 24.9 Å². The summed E-state index contributed by atoms with van der Waals surface area (Å²) in [5, 5.41) is 4.32. The molecular formula is C48H39NO11. The number of hydrogen-bond donors (Lipinski definition) is 0. The molecule has 0 fully saturated rings. The van der Waals surface area contributed by atoms with E-state index in [2.05, 4.69) is 5.16 Å². The van der Waals surface area contributed by atoms with Crippen LogP contribution in [-0.4, -0.2) is 67.1 Å². The van der Waals surface area contributed by atoms with Gasteiger partial charge in [0.05, 0.1) is 27.8 Å². The first kappa shape index (κ1) is 41.8. The quantitative estimate of drug-likeness (QED) is 0.0360. The summed E-state index contributed by atoms with van der Waals surface area (Å²) in [5.41, 5.74) is 1.12. The van der Waals surface area contributed by atoms with Gasteiger partial charge in [-0.3, -0.25) is 0 Å². The Morgan fingerprint density at radius 3 is 1.23 bits per heavy atom. The lowest BCUT2D eigenvalue weighted by atomic mass is 10.0. The first-order valence-electron chi connectivity index (χ1n) is 18.8. The van der Waals surface area contributed by atoms with Crippen molar-refractivity contribution in [2.24, 2.45) is 5.16 Å². The van der Waals surface area contributed by atoms with Crippen LogP contribution in [0.5, 0.6) is 0 Å². The third kappa shape index (κ3) is 12.1. The zero-order valence-electron chi connectivity index (χ0n) is 32.1. The molecule has 0 saturated heterocycles. The summed E-state index contributed by atoms with van der Waals surface area (Å²) in [5.74, 6) is -4.29. The fraction of sp³-hybridized carbons (Fsp3) is 0.125. The van der Waals surface area contributed by atoms with E-state index in [1.165, 1.54) is 48.5 Å². The highest BCUT2D eigenvalue weighted by Crippen LogP contribution is 2.22. The summed E-state index contributed by atoms with van der Waals surface area (Å²) >= 11 is 0. The Hall–Kier alpha value is -7.86. The van der Waals surface area contributed by atoms with Gasteiger partial charge in [-0.05, 0) is 66.2 Å². The van der Waals surface area contributed by atoms with E-state index in [0.717, 1.165) is 0 Å². The molecule has 0 aromatic heterocycles. The maximum Gasteiger partial charge on any atom is 0.338 e. The molecule has 0 heterocycles. The summed E-state index contributed by atoms with van der Waals surface area (Å²) in [7, 11) is 0. The van der Waals surface area contributed by atoms with Gasteiger partial charge >= 0.3 is 29.8 Å². The molecule has 0 aliphatic rings. The van der Waals surface area contributed by atoms with Crippen molar-refractivity contribution in [3.63, 3.8) is 0 Å². The fourth-order valence-electron chi connectivity index (χ4n) is 5.69. The Morgan fingerprint density at radius 2 is 0.783 bits per heavy atom. The molecule has 302 valence electrons. The van der Waals surface area contributed by atoms with Crippen molar-refractivity contribution in [1.29, 1.82) is 0 Å². The Morgan fingerprint density at radius 1 is 0.417 bits per heavy atom. The van der Waals surface area contributed by atoms with Crippen LogP contribution in [0.3, 0.4) is 0 Å². The maximum absolute atomic E-state index is 14.0. The predicted octanol–water partition coefficient (Wildman–Crippen LogP) is 7.95. The average Bonchev–Trinajstić information content (AvgIpc) is 3.31. The highest BCUT2D eigenvalue weighted by atomic mass is 16.6. The van der Waals surface area contributed by atoms with Crippen LogP contribution in [0.4, 0.5) is 0 Å². The predicted molar refractivity (Wildman–Crippen MR) is 219 cm³/mol. The second-order valence-electron chi connectivity index (χ2n) is 13.0.